The van der Waals surface area contributed by atoms with E-state index in [1.54, 1.807) is 6.08 Å². The Morgan fingerprint density at radius 1 is 0.694 bits per heavy atom. The van der Waals surface area contributed by atoms with Crippen molar-refractivity contribution in [2.45, 2.75) is 186 Å². The molecule has 0 aromatic heterocycles. The second-order valence-electron chi connectivity index (χ2n) is 13.3. The summed E-state index contributed by atoms with van der Waals surface area (Å²) in [6.45, 7) is 3.89. The van der Waals surface area contributed by atoms with Crippen molar-refractivity contribution in [2.24, 2.45) is 5.73 Å². The van der Waals surface area contributed by atoms with Crippen molar-refractivity contribution >= 4 is 13.7 Å². The zero-order valence-electron chi connectivity index (χ0n) is 31.3. The maximum absolute atomic E-state index is 12.7. The fraction of sp³-hybridized carbons (Fsp3) is 0.821. The predicted molar refractivity (Wildman–Crippen MR) is 204 cm³/mol. The highest BCUT2D eigenvalue weighted by Crippen LogP contribution is 2.43. The first-order valence-corrected chi connectivity index (χ1v) is 21.2. The maximum atomic E-state index is 12.7. The first-order valence-electron chi connectivity index (χ1n) is 19.7. The van der Waals surface area contributed by atoms with E-state index >= 15 is 0 Å². The molecule has 49 heavy (non-hydrogen) atoms. The Hall–Kier alpha value is -1.32. The van der Waals surface area contributed by atoms with Gasteiger partial charge in [0.15, 0.2) is 0 Å². The Bertz CT molecular complexity index is 883. The molecule has 0 aliphatic carbocycles. The summed E-state index contributed by atoms with van der Waals surface area (Å²) in [5.41, 5.74) is 5.34. The van der Waals surface area contributed by atoms with Gasteiger partial charge in [-0.05, 0) is 44.9 Å². The zero-order chi connectivity index (χ0) is 36.3. The molecule has 0 saturated carbocycles. The summed E-state index contributed by atoms with van der Waals surface area (Å²) < 4.78 is 22.0. The van der Waals surface area contributed by atoms with Crippen LogP contribution in [0.2, 0.25) is 0 Å². The number of amides is 1. The summed E-state index contributed by atoms with van der Waals surface area (Å²) in [6.07, 6.45) is 36.7. The minimum atomic E-state index is -4.40. The van der Waals surface area contributed by atoms with Crippen molar-refractivity contribution in [3.8, 4) is 0 Å². The molecule has 1 amide bonds. The van der Waals surface area contributed by atoms with Gasteiger partial charge in [0.2, 0.25) is 5.91 Å². The molecule has 0 aliphatic rings. The van der Waals surface area contributed by atoms with Crippen molar-refractivity contribution in [3.63, 3.8) is 0 Å². The molecule has 0 bridgehead atoms. The van der Waals surface area contributed by atoms with Crippen LogP contribution in [0, 0.1) is 0 Å². The molecule has 4 atom stereocenters. The largest absolute Gasteiger partial charge is 0.472 e. The van der Waals surface area contributed by atoms with E-state index in [1.165, 1.54) is 89.9 Å². The van der Waals surface area contributed by atoms with Gasteiger partial charge in [0, 0.05) is 6.54 Å². The number of unbranched alkanes of at least 4 members (excludes halogenated alkanes) is 18. The highest BCUT2D eigenvalue weighted by atomic mass is 31.2. The summed E-state index contributed by atoms with van der Waals surface area (Å²) in [4.78, 5) is 22.6. The lowest BCUT2D eigenvalue weighted by Crippen LogP contribution is -2.46. The van der Waals surface area contributed by atoms with Gasteiger partial charge < -0.3 is 26.2 Å². The molecular formula is C39H75N2O7P. The van der Waals surface area contributed by atoms with E-state index in [9.17, 15) is 24.5 Å². The second kappa shape index (κ2) is 35.1. The fourth-order valence-electron chi connectivity index (χ4n) is 5.50. The number of rotatable bonds is 36. The van der Waals surface area contributed by atoms with E-state index in [4.69, 9.17) is 14.8 Å². The predicted octanol–water partition coefficient (Wildman–Crippen LogP) is 9.36. The van der Waals surface area contributed by atoms with Crippen LogP contribution < -0.4 is 11.1 Å². The molecule has 10 heteroatoms. The molecule has 0 aliphatic heterocycles. The third-order valence-electron chi connectivity index (χ3n) is 8.50. The van der Waals surface area contributed by atoms with Crippen LogP contribution in [0.3, 0.4) is 0 Å². The molecule has 0 aromatic carbocycles. The number of aliphatic hydroxyl groups is 2. The maximum Gasteiger partial charge on any atom is 0.472 e. The summed E-state index contributed by atoms with van der Waals surface area (Å²) in [6, 6.07) is -1.00. The standard InChI is InChI=1S/C39H75N2O7P/c1-3-5-7-9-11-13-14-15-16-17-18-19-20-21-22-23-25-27-29-31-38(43)37(35-48-49(45,46)47-33-32-40)41-39(44)34-36(42)30-28-26-24-12-10-8-6-4-2/h18-19,22-23,29,31,36-38,42-43H,3-17,20-21,24-28,30,32-35,40H2,1-2H3,(H,41,44)(H,45,46)/b19-18+,23-22+,31-29+. The minimum Gasteiger partial charge on any atom is -0.393 e. The van der Waals surface area contributed by atoms with Crippen molar-refractivity contribution < 1.29 is 33.5 Å². The molecule has 0 aromatic rings. The van der Waals surface area contributed by atoms with Gasteiger partial charge in [-0.25, -0.2) is 4.57 Å². The van der Waals surface area contributed by atoms with Crippen LogP contribution in [0.1, 0.15) is 168 Å². The van der Waals surface area contributed by atoms with Crippen LogP contribution >= 0.6 is 7.82 Å². The van der Waals surface area contributed by atoms with Gasteiger partial charge in [-0.15, -0.1) is 0 Å². The van der Waals surface area contributed by atoms with E-state index in [0.717, 1.165) is 44.9 Å². The summed E-state index contributed by atoms with van der Waals surface area (Å²) >= 11 is 0. The monoisotopic (exact) mass is 715 g/mol. The number of aliphatic hydroxyl groups excluding tert-OH is 2. The topological polar surface area (TPSA) is 151 Å². The molecule has 0 heterocycles. The SMILES string of the molecule is CCCCCCCCCCC/C=C/CC/C=C/CC/C=C/C(O)C(COP(=O)(O)OCCN)NC(=O)CC(O)CCCCCCCCCC. The average molecular weight is 715 g/mol. The van der Waals surface area contributed by atoms with Crippen LogP contribution in [0.25, 0.3) is 0 Å². The van der Waals surface area contributed by atoms with Crippen LogP contribution in [0.4, 0.5) is 0 Å². The summed E-state index contributed by atoms with van der Waals surface area (Å²) in [7, 11) is -4.40. The lowest BCUT2D eigenvalue weighted by atomic mass is 10.0. The van der Waals surface area contributed by atoms with E-state index in [0.29, 0.717) is 12.8 Å². The van der Waals surface area contributed by atoms with Gasteiger partial charge in [-0.3, -0.25) is 13.8 Å². The highest BCUT2D eigenvalue weighted by molar-refractivity contribution is 7.47. The molecule has 0 rings (SSSR count). The Morgan fingerprint density at radius 3 is 1.69 bits per heavy atom. The van der Waals surface area contributed by atoms with Crippen molar-refractivity contribution in [1.82, 2.24) is 5.32 Å². The lowest BCUT2D eigenvalue weighted by Gasteiger charge is -2.24. The third-order valence-corrected chi connectivity index (χ3v) is 9.49. The number of carbonyl (C=O) groups excluding carboxylic acids is 1. The number of carbonyl (C=O) groups is 1. The summed E-state index contributed by atoms with van der Waals surface area (Å²) in [5, 5.41) is 23.8. The molecule has 6 N–H and O–H groups in total. The minimum absolute atomic E-state index is 0.0424. The van der Waals surface area contributed by atoms with Crippen molar-refractivity contribution in [2.75, 3.05) is 19.8 Å². The molecule has 0 fully saturated rings. The molecular weight excluding hydrogens is 639 g/mol. The van der Waals surface area contributed by atoms with Gasteiger partial charge in [0.1, 0.15) is 0 Å². The number of hydrogen-bond donors (Lipinski definition) is 5. The van der Waals surface area contributed by atoms with E-state index < -0.39 is 38.6 Å². The molecule has 4 unspecified atom stereocenters. The smallest absolute Gasteiger partial charge is 0.393 e. The van der Waals surface area contributed by atoms with Crippen LogP contribution in [0.5, 0.6) is 0 Å². The highest BCUT2D eigenvalue weighted by Gasteiger charge is 2.27. The van der Waals surface area contributed by atoms with Gasteiger partial charge in [0.25, 0.3) is 0 Å². The van der Waals surface area contributed by atoms with Gasteiger partial charge >= 0.3 is 7.82 Å². The van der Waals surface area contributed by atoms with Crippen molar-refractivity contribution in [1.29, 1.82) is 0 Å². The number of allylic oxidation sites excluding steroid dienone is 5. The second-order valence-corrected chi connectivity index (χ2v) is 14.8. The summed E-state index contributed by atoms with van der Waals surface area (Å²) in [5.74, 6) is -0.464. The normalized spacial score (nSPS) is 15.3. The Balaban J connectivity index is 4.45. The number of phosphoric acid groups is 1. The van der Waals surface area contributed by atoms with E-state index in [2.05, 4.69) is 43.5 Å². The first-order chi connectivity index (χ1) is 23.8. The molecule has 9 nitrogen and oxygen atoms in total. The van der Waals surface area contributed by atoms with E-state index in [-0.39, 0.29) is 19.6 Å². The fourth-order valence-corrected chi connectivity index (χ4v) is 6.26. The van der Waals surface area contributed by atoms with E-state index in [1.807, 2.05) is 6.08 Å². The Labute approximate surface area is 300 Å². The number of nitrogens with two attached hydrogens (primary N) is 1. The van der Waals surface area contributed by atoms with Crippen LogP contribution in [-0.2, 0) is 18.4 Å². The molecule has 0 spiro atoms. The van der Waals surface area contributed by atoms with Gasteiger partial charge in [-0.2, -0.15) is 0 Å². The first kappa shape index (κ1) is 47.7. The molecule has 0 saturated heterocycles. The van der Waals surface area contributed by atoms with Crippen LogP contribution in [-0.4, -0.2) is 59.0 Å². The number of nitrogens with one attached hydrogen (secondary N) is 1. The Kier molecular flexibility index (Phi) is 34.2. The van der Waals surface area contributed by atoms with Crippen molar-refractivity contribution in [3.05, 3.63) is 36.5 Å². The molecule has 0 radical (unpaired) electrons. The van der Waals surface area contributed by atoms with Gasteiger partial charge in [-0.1, -0.05) is 153 Å². The zero-order valence-corrected chi connectivity index (χ0v) is 32.2. The quantitative estimate of drug-likeness (QED) is 0.0245. The third kappa shape index (κ3) is 33.6. The Morgan fingerprint density at radius 2 is 1.16 bits per heavy atom. The van der Waals surface area contributed by atoms with Crippen LogP contribution in [0.15, 0.2) is 36.5 Å². The molecule has 288 valence electrons. The number of hydrogen-bond acceptors (Lipinski definition) is 7. The van der Waals surface area contributed by atoms with Gasteiger partial charge in [0.05, 0.1) is 37.9 Å². The number of phosphoric ester groups is 1. The average Bonchev–Trinajstić information content (AvgIpc) is 3.07. The lowest BCUT2D eigenvalue weighted by molar-refractivity contribution is -0.124.